The fraction of sp³-hybridized carbons (Fsp3) is 0.667. The normalized spacial score (nSPS) is 13.7. The van der Waals surface area contributed by atoms with Crippen molar-refractivity contribution in [1.29, 1.82) is 0 Å². The van der Waals surface area contributed by atoms with E-state index in [1.54, 1.807) is 12.2 Å². The Labute approximate surface area is 67.9 Å². The largest absolute Gasteiger partial charge is 0.389 e. The van der Waals surface area contributed by atoms with E-state index in [9.17, 15) is 4.79 Å². The first-order chi connectivity index (χ1) is 5.16. The molecule has 0 unspecified atom stereocenters. The third kappa shape index (κ3) is 7.26. The van der Waals surface area contributed by atoms with E-state index in [2.05, 4.69) is 0 Å². The van der Waals surface area contributed by atoms with Crippen molar-refractivity contribution in [3.05, 3.63) is 12.2 Å². The monoisotopic (exact) mass is 156 g/mol. The van der Waals surface area contributed by atoms with Gasteiger partial charge in [0.05, 0.1) is 6.10 Å². The second kappa shape index (κ2) is 6.10. The van der Waals surface area contributed by atoms with Crippen molar-refractivity contribution in [2.75, 3.05) is 0 Å². The lowest BCUT2D eigenvalue weighted by Crippen LogP contribution is -2.00. The fourth-order valence-corrected chi connectivity index (χ4v) is 0.783. The van der Waals surface area contributed by atoms with Gasteiger partial charge in [0.1, 0.15) is 5.78 Å². The van der Waals surface area contributed by atoms with Crippen molar-refractivity contribution in [3.63, 3.8) is 0 Å². The highest BCUT2D eigenvalue weighted by Gasteiger charge is 1.95. The quantitative estimate of drug-likeness (QED) is 0.615. The van der Waals surface area contributed by atoms with E-state index in [0.717, 1.165) is 12.8 Å². The number of carbonyl (C=O) groups is 1. The molecular formula is C9H16O2. The molecule has 0 saturated carbocycles. The summed E-state index contributed by atoms with van der Waals surface area (Å²) in [5.41, 5.74) is 0. The number of aliphatic hydroxyl groups is 1. The van der Waals surface area contributed by atoms with E-state index < -0.39 is 0 Å². The first-order valence-electron chi connectivity index (χ1n) is 4.01. The number of rotatable bonds is 5. The smallest absolute Gasteiger partial charge is 0.133 e. The Morgan fingerprint density at radius 2 is 2.27 bits per heavy atom. The molecule has 0 fully saturated rings. The van der Waals surface area contributed by atoms with Crippen molar-refractivity contribution >= 4 is 5.78 Å². The van der Waals surface area contributed by atoms with Crippen LogP contribution in [-0.2, 0) is 4.79 Å². The van der Waals surface area contributed by atoms with Crippen molar-refractivity contribution in [1.82, 2.24) is 0 Å². The molecule has 0 aliphatic rings. The van der Waals surface area contributed by atoms with Gasteiger partial charge in [-0.2, -0.15) is 0 Å². The lowest BCUT2D eigenvalue weighted by Gasteiger charge is -2.00. The Balaban J connectivity index is 3.47. The number of hydrogen-bond acceptors (Lipinski definition) is 2. The standard InChI is InChI=1S/C9H16O2/c1-3-5-9(11)7-4-6-8(2)10/h4,7,9,11H,3,5-6H2,1-2H3/b7-4+/t9-/m1/s1. The Morgan fingerprint density at radius 1 is 1.64 bits per heavy atom. The zero-order valence-corrected chi connectivity index (χ0v) is 7.21. The average Bonchev–Trinajstić information content (AvgIpc) is 1.87. The highest BCUT2D eigenvalue weighted by atomic mass is 16.3. The zero-order chi connectivity index (χ0) is 8.69. The molecule has 0 aromatic carbocycles. The molecule has 0 aromatic rings. The van der Waals surface area contributed by atoms with E-state index in [4.69, 9.17) is 5.11 Å². The van der Waals surface area contributed by atoms with E-state index >= 15 is 0 Å². The lowest BCUT2D eigenvalue weighted by atomic mass is 10.2. The van der Waals surface area contributed by atoms with Crippen LogP contribution in [0.4, 0.5) is 0 Å². The molecule has 0 amide bonds. The van der Waals surface area contributed by atoms with Crippen molar-refractivity contribution in [3.8, 4) is 0 Å². The molecule has 1 atom stereocenters. The van der Waals surface area contributed by atoms with Gasteiger partial charge in [-0.05, 0) is 13.3 Å². The number of Topliss-reactive ketones (excluding diaryl/α,β-unsaturated/α-hetero) is 1. The molecule has 2 heteroatoms. The highest BCUT2D eigenvalue weighted by molar-refractivity contribution is 5.76. The molecule has 0 spiro atoms. The number of carbonyl (C=O) groups excluding carboxylic acids is 1. The topological polar surface area (TPSA) is 37.3 Å². The number of ketones is 1. The van der Waals surface area contributed by atoms with E-state index in [1.807, 2.05) is 6.92 Å². The third-order valence-corrected chi connectivity index (χ3v) is 1.35. The van der Waals surface area contributed by atoms with Crippen LogP contribution in [0.15, 0.2) is 12.2 Å². The van der Waals surface area contributed by atoms with Crippen molar-refractivity contribution in [2.45, 2.75) is 39.2 Å². The van der Waals surface area contributed by atoms with Crippen LogP contribution < -0.4 is 0 Å². The second-order valence-corrected chi connectivity index (χ2v) is 2.69. The van der Waals surface area contributed by atoms with E-state index in [1.165, 1.54) is 6.92 Å². The summed E-state index contributed by atoms with van der Waals surface area (Å²) in [6, 6.07) is 0. The molecule has 0 saturated heterocycles. The van der Waals surface area contributed by atoms with Gasteiger partial charge in [-0.15, -0.1) is 0 Å². The molecule has 11 heavy (non-hydrogen) atoms. The Bertz CT molecular complexity index is 138. The van der Waals surface area contributed by atoms with Crippen LogP contribution in [0.5, 0.6) is 0 Å². The minimum atomic E-state index is -0.376. The average molecular weight is 156 g/mol. The molecule has 0 radical (unpaired) electrons. The second-order valence-electron chi connectivity index (χ2n) is 2.69. The highest BCUT2D eigenvalue weighted by Crippen LogP contribution is 1.98. The Kier molecular flexibility index (Phi) is 5.75. The van der Waals surface area contributed by atoms with Gasteiger partial charge in [0.2, 0.25) is 0 Å². The minimum Gasteiger partial charge on any atom is -0.389 e. The molecule has 0 aliphatic heterocycles. The molecule has 2 nitrogen and oxygen atoms in total. The number of aliphatic hydroxyl groups excluding tert-OH is 1. The first-order valence-corrected chi connectivity index (χ1v) is 4.01. The van der Waals surface area contributed by atoms with Gasteiger partial charge in [-0.25, -0.2) is 0 Å². The number of hydrogen-bond donors (Lipinski definition) is 1. The van der Waals surface area contributed by atoms with Crippen LogP contribution in [0.25, 0.3) is 0 Å². The molecule has 0 heterocycles. The third-order valence-electron chi connectivity index (χ3n) is 1.35. The summed E-state index contributed by atoms with van der Waals surface area (Å²) in [7, 11) is 0. The summed E-state index contributed by atoms with van der Waals surface area (Å²) < 4.78 is 0. The van der Waals surface area contributed by atoms with Crippen LogP contribution >= 0.6 is 0 Å². The fourth-order valence-electron chi connectivity index (χ4n) is 0.783. The van der Waals surface area contributed by atoms with Gasteiger partial charge in [0.15, 0.2) is 0 Å². The van der Waals surface area contributed by atoms with E-state index in [0.29, 0.717) is 6.42 Å². The lowest BCUT2D eigenvalue weighted by molar-refractivity contribution is -0.116. The van der Waals surface area contributed by atoms with Crippen LogP contribution in [0.1, 0.15) is 33.1 Å². The van der Waals surface area contributed by atoms with Gasteiger partial charge >= 0.3 is 0 Å². The van der Waals surface area contributed by atoms with Gasteiger partial charge in [-0.1, -0.05) is 25.5 Å². The maximum absolute atomic E-state index is 10.5. The predicted molar refractivity (Wildman–Crippen MR) is 45.4 cm³/mol. The van der Waals surface area contributed by atoms with Gasteiger partial charge in [0.25, 0.3) is 0 Å². The Morgan fingerprint density at radius 3 is 2.73 bits per heavy atom. The van der Waals surface area contributed by atoms with Gasteiger partial charge < -0.3 is 5.11 Å². The van der Waals surface area contributed by atoms with Crippen molar-refractivity contribution in [2.24, 2.45) is 0 Å². The van der Waals surface area contributed by atoms with Crippen LogP contribution in [0, 0.1) is 0 Å². The maximum Gasteiger partial charge on any atom is 0.133 e. The molecule has 0 aliphatic carbocycles. The molecule has 0 bridgehead atoms. The molecule has 1 N–H and O–H groups in total. The number of allylic oxidation sites excluding steroid dienone is 1. The van der Waals surface area contributed by atoms with Crippen molar-refractivity contribution < 1.29 is 9.90 Å². The summed E-state index contributed by atoms with van der Waals surface area (Å²) in [6.07, 6.45) is 5.20. The summed E-state index contributed by atoms with van der Waals surface area (Å²) in [5.74, 6) is 0.130. The maximum atomic E-state index is 10.5. The first kappa shape index (κ1) is 10.4. The molecular weight excluding hydrogens is 140 g/mol. The minimum absolute atomic E-state index is 0.130. The summed E-state index contributed by atoms with van der Waals surface area (Å²) in [5, 5.41) is 9.16. The summed E-state index contributed by atoms with van der Waals surface area (Å²) in [4.78, 5) is 10.5. The summed E-state index contributed by atoms with van der Waals surface area (Å²) in [6.45, 7) is 3.55. The van der Waals surface area contributed by atoms with Crippen LogP contribution in [0.2, 0.25) is 0 Å². The summed E-state index contributed by atoms with van der Waals surface area (Å²) >= 11 is 0. The molecule has 64 valence electrons. The van der Waals surface area contributed by atoms with Gasteiger partial charge in [-0.3, -0.25) is 4.79 Å². The predicted octanol–water partition coefficient (Wildman–Crippen LogP) is 1.68. The molecule has 0 rings (SSSR count). The van der Waals surface area contributed by atoms with Gasteiger partial charge in [0, 0.05) is 6.42 Å². The Hall–Kier alpha value is -0.630. The SMILES string of the molecule is CCC[C@@H](O)/C=C/CC(C)=O. The van der Waals surface area contributed by atoms with Crippen LogP contribution in [-0.4, -0.2) is 17.0 Å². The molecule has 0 aromatic heterocycles. The zero-order valence-electron chi connectivity index (χ0n) is 7.21. The van der Waals surface area contributed by atoms with Crippen LogP contribution in [0.3, 0.4) is 0 Å². The van der Waals surface area contributed by atoms with E-state index in [-0.39, 0.29) is 11.9 Å².